The SMILES string of the molecule is C[C@@]1(O)CC[C@@]2(Cc3ccccn3)c3cc4cnn(-c5ccc(F)cc5)c4nc3CCC[C@H]2C1.Fc1ccc(-n2ncc3cc4c(nc32)CCC[C@H]2C[C@]3(CC[C@@]42Cc2ccccn2)CO3)cc1. The first-order chi connectivity index (χ1) is 33.1. The van der Waals surface area contributed by atoms with Gasteiger partial charge in [-0.15, -0.1) is 0 Å². The number of pyridine rings is 4. The van der Waals surface area contributed by atoms with Crippen LogP contribution in [0, 0.1) is 23.5 Å². The lowest BCUT2D eigenvalue weighted by Crippen LogP contribution is -2.48. The Kier molecular flexibility index (Phi) is 10.6. The topological polar surface area (TPSA) is 120 Å². The fraction of sp³-hybridized carbons (Fsp3) is 0.393. The zero-order chi connectivity index (χ0) is 46.1. The van der Waals surface area contributed by atoms with E-state index in [0.717, 1.165) is 141 Å². The second-order valence-corrected chi connectivity index (χ2v) is 20.7. The standard InChI is InChI=1S/C28H27FN4O.C28H29FN4O/c29-21-7-9-23(10-8-21)33-26-19(17-31-33)14-24-25(32-26)6-3-4-20-15-27(18-34-27)11-12-28(20,24)16-22-5-1-2-13-30-22;1-27(34)12-13-28(17-22-6-2-3-14-30-22)20(16-27)5-4-7-25-24(28)15-19-18-31-33(26(19)32-25)23-10-8-21(29)9-11-23/h1-2,5,7-10,13-14,17,20H,3-4,6,11-12,15-16,18H2;2-3,6,8-11,14-15,18,20,34H,4-5,7,12-13,16-17H2,1H3/t2*20-,27+,28-/m00/s1. The number of epoxide rings is 1. The van der Waals surface area contributed by atoms with E-state index in [1.807, 2.05) is 48.5 Å². The molecule has 1 aliphatic heterocycles. The number of aliphatic hydroxyl groups is 1. The van der Waals surface area contributed by atoms with Gasteiger partial charge in [-0.3, -0.25) is 9.97 Å². The average molecular weight is 911 g/mol. The maximum atomic E-state index is 13.5. The van der Waals surface area contributed by atoms with Crippen molar-refractivity contribution < 1.29 is 18.6 Å². The molecular formula is C56H56F2N8O2. The number of nitrogens with zero attached hydrogens (tertiary/aromatic N) is 8. The van der Waals surface area contributed by atoms with E-state index < -0.39 is 5.60 Å². The van der Waals surface area contributed by atoms with Gasteiger partial charge in [0.15, 0.2) is 11.3 Å². The lowest BCUT2D eigenvalue weighted by atomic mass is 9.57. The molecule has 2 aromatic carbocycles. The number of ether oxygens (including phenoxy) is 1. The van der Waals surface area contributed by atoms with Crippen LogP contribution in [0.2, 0.25) is 0 Å². The summed E-state index contributed by atoms with van der Waals surface area (Å²) in [6.45, 7) is 2.90. The molecule has 0 unspecified atom stereocenters. The molecule has 5 aliphatic rings. The minimum atomic E-state index is -0.631. The average Bonchev–Trinajstić information content (AvgIpc) is 3.87. The van der Waals surface area contributed by atoms with Crippen molar-refractivity contribution in [2.75, 3.05) is 6.61 Å². The smallest absolute Gasteiger partial charge is 0.163 e. The quantitative estimate of drug-likeness (QED) is 0.164. The summed E-state index contributed by atoms with van der Waals surface area (Å²) in [7, 11) is 0. The molecule has 0 bridgehead atoms. The Morgan fingerprint density at radius 2 is 1.12 bits per heavy atom. The van der Waals surface area contributed by atoms with Gasteiger partial charge in [0.2, 0.25) is 0 Å². The van der Waals surface area contributed by atoms with Gasteiger partial charge in [-0.1, -0.05) is 12.1 Å². The molecule has 346 valence electrons. The molecule has 10 nitrogen and oxygen atoms in total. The monoisotopic (exact) mass is 910 g/mol. The first kappa shape index (κ1) is 43.1. The molecule has 6 atom stereocenters. The third-order valence-electron chi connectivity index (χ3n) is 16.4. The fourth-order valence-corrected chi connectivity index (χ4v) is 12.9. The Bertz CT molecular complexity index is 2920. The van der Waals surface area contributed by atoms with E-state index >= 15 is 0 Å². The minimum Gasteiger partial charge on any atom is -0.390 e. The van der Waals surface area contributed by atoms with E-state index in [1.54, 1.807) is 28.9 Å². The predicted molar refractivity (Wildman–Crippen MR) is 257 cm³/mol. The summed E-state index contributed by atoms with van der Waals surface area (Å²) in [6.07, 6.45) is 21.4. The van der Waals surface area contributed by atoms with E-state index in [1.165, 1.54) is 47.5 Å². The molecule has 1 spiro atoms. The van der Waals surface area contributed by atoms with Gasteiger partial charge in [-0.05, 0) is 205 Å². The molecule has 68 heavy (non-hydrogen) atoms. The highest BCUT2D eigenvalue weighted by atomic mass is 19.1. The van der Waals surface area contributed by atoms with Gasteiger partial charge in [0.05, 0.1) is 41.6 Å². The molecule has 7 heterocycles. The lowest BCUT2D eigenvalue weighted by Gasteiger charge is -2.49. The van der Waals surface area contributed by atoms with Crippen molar-refractivity contribution in [3.05, 3.63) is 167 Å². The highest BCUT2D eigenvalue weighted by Crippen LogP contribution is 2.58. The van der Waals surface area contributed by atoms with Crippen molar-refractivity contribution in [2.24, 2.45) is 11.8 Å². The second kappa shape index (κ2) is 16.8. The van der Waals surface area contributed by atoms with Crippen LogP contribution in [0.25, 0.3) is 33.4 Å². The van der Waals surface area contributed by atoms with Crippen molar-refractivity contribution in [3.8, 4) is 11.4 Å². The van der Waals surface area contributed by atoms with E-state index in [0.29, 0.717) is 11.8 Å². The van der Waals surface area contributed by atoms with Crippen molar-refractivity contribution in [2.45, 2.75) is 119 Å². The predicted octanol–water partition coefficient (Wildman–Crippen LogP) is 10.7. The third-order valence-corrected chi connectivity index (χ3v) is 16.4. The highest BCUT2D eigenvalue weighted by molar-refractivity contribution is 5.79. The van der Waals surface area contributed by atoms with Gasteiger partial charge in [0, 0.05) is 56.8 Å². The van der Waals surface area contributed by atoms with Crippen LogP contribution in [0.15, 0.2) is 122 Å². The molecule has 0 radical (unpaired) electrons. The maximum absolute atomic E-state index is 13.5. The first-order valence-corrected chi connectivity index (χ1v) is 24.5. The van der Waals surface area contributed by atoms with Gasteiger partial charge < -0.3 is 9.84 Å². The Hall–Kier alpha value is -6.24. The summed E-state index contributed by atoms with van der Waals surface area (Å²) in [5.41, 5.74) is 9.87. The van der Waals surface area contributed by atoms with Crippen molar-refractivity contribution >= 4 is 22.1 Å². The van der Waals surface area contributed by atoms with Crippen molar-refractivity contribution in [1.29, 1.82) is 0 Å². The third kappa shape index (κ3) is 7.79. The molecule has 13 rings (SSSR count). The number of benzene rings is 2. The molecule has 1 N–H and O–H groups in total. The number of halogens is 2. The highest BCUT2D eigenvalue weighted by Gasteiger charge is 2.57. The number of fused-ring (bicyclic) bond motifs is 8. The summed E-state index contributed by atoms with van der Waals surface area (Å²) >= 11 is 0. The van der Waals surface area contributed by atoms with Gasteiger partial charge in [-0.25, -0.2) is 28.1 Å². The minimum absolute atomic E-state index is 0.0105. The number of rotatable bonds is 6. The number of hydrogen-bond donors (Lipinski definition) is 1. The van der Waals surface area contributed by atoms with Crippen LogP contribution in [0.5, 0.6) is 0 Å². The molecule has 4 aliphatic carbocycles. The Balaban J connectivity index is 0.000000141. The Morgan fingerprint density at radius 3 is 1.59 bits per heavy atom. The van der Waals surface area contributed by atoms with E-state index in [-0.39, 0.29) is 28.1 Å². The van der Waals surface area contributed by atoms with Crippen LogP contribution in [0.4, 0.5) is 8.78 Å². The fourth-order valence-electron chi connectivity index (χ4n) is 12.9. The van der Waals surface area contributed by atoms with Gasteiger partial charge in [0.25, 0.3) is 0 Å². The molecule has 8 aromatic rings. The molecule has 1 saturated heterocycles. The normalized spacial score (nSPS) is 27.2. The van der Waals surface area contributed by atoms with Crippen molar-refractivity contribution in [1.82, 2.24) is 39.5 Å². The lowest BCUT2D eigenvalue weighted by molar-refractivity contribution is -0.0332. The van der Waals surface area contributed by atoms with E-state index in [2.05, 4.69) is 51.6 Å². The zero-order valence-electron chi connectivity index (χ0n) is 38.5. The second-order valence-electron chi connectivity index (χ2n) is 20.7. The van der Waals surface area contributed by atoms with E-state index in [9.17, 15) is 13.9 Å². The molecule has 3 fully saturated rings. The number of hydrogen-bond acceptors (Lipinski definition) is 8. The van der Waals surface area contributed by atoms with Crippen LogP contribution in [-0.4, -0.2) is 62.4 Å². The molecular weight excluding hydrogens is 855 g/mol. The zero-order valence-corrected chi connectivity index (χ0v) is 38.5. The van der Waals surface area contributed by atoms with Crippen LogP contribution in [0.3, 0.4) is 0 Å². The summed E-state index contributed by atoms with van der Waals surface area (Å²) in [5.74, 6) is 0.404. The number of aromatic nitrogens is 8. The van der Waals surface area contributed by atoms with Gasteiger partial charge >= 0.3 is 0 Å². The molecule has 2 saturated carbocycles. The molecule has 0 amide bonds. The van der Waals surface area contributed by atoms with Crippen LogP contribution < -0.4 is 0 Å². The summed E-state index contributed by atoms with van der Waals surface area (Å²) in [4.78, 5) is 19.8. The van der Waals surface area contributed by atoms with Gasteiger partial charge in [-0.2, -0.15) is 10.2 Å². The first-order valence-electron chi connectivity index (χ1n) is 24.5. The van der Waals surface area contributed by atoms with Crippen LogP contribution >= 0.6 is 0 Å². The van der Waals surface area contributed by atoms with Crippen LogP contribution in [0.1, 0.15) is 105 Å². The maximum Gasteiger partial charge on any atom is 0.163 e. The molecule has 12 heteroatoms. The van der Waals surface area contributed by atoms with Crippen molar-refractivity contribution in [3.63, 3.8) is 0 Å². The largest absolute Gasteiger partial charge is 0.390 e. The summed E-state index contributed by atoms with van der Waals surface area (Å²) < 4.78 is 36.6. The number of aryl methyl sites for hydroxylation is 2. The Morgan fingerprint density at radius 1 is 0.632 bits per heavy atom. The summed E-state index contributed by atoms with van der Waals surface area (Å²) in [6, 6.07) is 29.8. The van der Waals surface area contributed by atoms with Gasteiger partial charge in [0.1, 0.15) is 11.6 Å². The Labute approximate surface area is 394 Å². The van der Waals surface area contributed by atoms with E-state index in [4.69, 9.17) is 19.7 Å². The van der Waals surface area contributed by atoms with Crippen LogP contribution in [-0.2, 0) is 41.3 Å². The summed E-state index contributed by atoms with van der Waals surface area (Å²) in [5, 5.41) is 22.2. The molecule has 6 aromatic heterocycles.